The molecule has 0 atom stereocenters. The largest absolute Gasteiger partial charge is 0.398 e. The summed E-state index contributed by atoms with van der Waals surface area (Å²) in [6.45, 7) is 4.59. The number of rotatable bonds is 6. The number of benzene rings is 1. The molecule has 0 saturated carbocycles. The van der Waals surface area contributed by atoms with E-state index in [1.807, 2.05) is 18.7 Å². The molecule has 1 rings (SSSR count). The predicted molar refractivity (Wildman–Crippen MR) is 74.1 cm³/mol. The zero-order valence-electron chi connectivity index (χ0n) is 11.2. The lowest BCUT2D eigenvalue weighted by Crippen LogP contribution is -2.38. The topological polar surface area (TPSA) is 115 Å². The van der Waals surface area contributed by atoms with Crippen LogP contribution in [0.1, 0.15) is 29.8 Å². The molecule has 0 aromatic heterocycles. The molecule has 0 aliphatic rings. The van der Waals surface area contributed by atoms with E-state index in [4.69, 9.17) is 17.2 Å². The van der Waals surface area contributed by atoms with E-state index in [9.17, 15) is 9.59 Å². The van der Waals surface area contributed by atoms with Crippen molar-refractivity contribution in [3.8, 4) is 0 Å². The molecule has 0 saturated heterocycles. The molecule has 0 aliphatic heterocycles. The van der Waals surface area contributed by atoms with Crippen molar-refractivity contribution in [2.75, 3.05) is 12.3 Å². The van der Waals surface area contributed by atoms with Crippen LogP contribution < -0.4 is 17.2 Å². The van der Waals surface area contributed by atoms with Gasteiger partial charge in [0.1, 0.15) is 0 Å². The second-order valence-corrected chi connectivity index (χ2v) is 4.74. The van der Waals surface area contributed by atoms with Gasteiger partial charge in [0.15, 0.2) is 0 Å². The van der Waals surface area contributed by atoms with Crippen molar-refractivity contribution in [2.45, 2.75) is 26.4 Å². The number of nitrogen functional groups attached to an aromatic ring is 1. The molecule has 6 N–H and O–H groups in total. The van der Waals surface area contributed by atoms with Gasteiger partial charge in [-0.3, -0.25) is 14.5 Å². The van der Waals surface area contributed by atoms with Crippen LogP contribution in [0.4, 0.5) is 5.69 Å². The Morgan fingerprint density at radius 1 is 1.26 bits per heavy atom. The third-order valence-corrected chi connectivity index (χ3v) is 2.89. The minimum Gasteiger partial charge on any atom is -0.398 e. The number of primary amides is 2. The molecule has 6 heteroatoms. The number of nitrogens with zero attached hydrogens (tertiary/aromatic N) is 1. The number of anilines is 1. The van der Waals surface area contributed by atoms with E-state index >= 15 is 0 Å². The molecule has 0 fully saturated rings. The molecule has 0 bridgehead atoms. The summed E-state index contributed by atoms with van der Waals surface area (Å²) < 4.78 is 0. The highest BCUT2D eigenvalue weighted by Gasteiger charge is 2.14. The van der Waals surface area contributed by atoms with Crippen LogP contribution in [0.15, 0.2) is 18.2 Å². The second kappa shape index (κ2) is 6.19. The first-order chi connectivity index (χ1) is 8.81. The first kappa shape index (κ1) is 15.0. The van der Waals surface area contributed by atoms with Crippen LogP contribution in [-0.4, -0.2) is 29.3 Å². The third kappa shape index (κ3) is 4.26. The van der Waals surface area contributed by atoms with Gasteiger partial charge in [-0.25, -0.2) is 0 Å². The van der Waals surface area contributed by atoms with E-state index < -0.39 is 5.91 Å². The monoisotopic (exact) mass is 264 g/mol. The van der Waals surface area contributed by atoms with Crippen molar-refractivity contribution in [3.63, 3.8) is 0 Å². The van der Waals surface area contributed by atoms with Gasteiger partial charge < -0.3 is 17.2 Å². The fourth-order valence-corrected chi connectivity index (χ4v) is 1.73. The summed E-state index contributed by atoms with van der Waals surface area (Å²) in [5.41, 5.74) is 18.0. The van der Waals surface area contributed by atoms with Crippen LogP contribution in [0.2, 0.25) is 0 Å². The zero-order chi connectivity index (χ0) is 14.6. The fourth-order valence-electron chi connectivity index (χ4n) is 1.73. The summed E-state index contributed by atoms with van der Waals surface area (Å²) in [4.78, 5) is 24.0. The highest BCUT2D eigenvalue weighted by Crippen LogP contribution is 2.17. The Bertz CT molecular complexity index is 486. The number of nitrogens with two attached hydrogens (primary N) is 3. The maximum Gasteiger partial charge on any atom is 0.248 e. The van der Waals surface area contributed by atoms with Crippen LogP contribution in [0.3, 0.4) is 0 Å². The van der Waals surface area contributed by atoms with Crippen LogP contribution in [0.25, 0.3) is 0 Å². The van der Waals surface area contributed by atoms with Crippen LogP contribution in [-0.2, 0) is 11.3 Å². The van der Waals surface area contributed by atoms with Crippen molar-refractivity contribution in [2.24, 2.45) is 11.5 Å². The highest BCUT2D eigenvalue weighted by molar-refractivity contribution is 5.93. The Labute approximate surface area is 112 Å². The molecule has 104 valence electrons. The van der Waals surface area contributed by atoms with E-state index in [0.717, 1.165) is 5.56 Å². The molecule has 1 aromatic carbocycles. The van der Waals surface area contributed by atoms with Crippen molar-refractivity contribution in [3.05, 3.63) is 29.3 Å². The maximum atomic E-state index is 11.0. The van der Waals surface area contributed by atoms with Gasteiger partial charge in [-0.1, -0.05) is 6.07 Å². The molecule has 0 heterocycles. The van der Waals surface area contributed by atoms with Gasteiger partial charge in [0.05, 0.1) is 6.54 Å². The van der Waals surface area contributed by atoms with Gasteiger partial charge in [-0.2, -0.15) is 0 Å². The second-order valence-electron chi connectivity index (χ2n) is 4.74. The Hall–Kier alpha value is -2.08. The van der Waals surface area contributed by atoms with E-state index in [1.54, 1.807) is 18.2 Å². The molecule has 6 nitrogen and oxygen atoms in total. The van der Waals surface area contributed by atoms with Gasteiger partial charge in [-0.15, -0.1) is 0 Å². The summed E-state index contributed by atoms with van der Waals surface area (Å²) in [5, 5.41) is 0. The van der Waals surface area contributed by atoms with E-state index in [2.05, 4.69) is 0 Å². The molecule has 19 heavy (non-hydrogen) atoms. The zero-order valence-corrected chi connectivity index (χ0v) is 11.2. The number of amides is 2. The SMILES string of the molecule is CC(C)N(CC(N)=O)Cc1ccc(C(N)=O)cc1N. The fraction of sp³-hybridized carbons (Fsp3) is 0.385. The summed E-state index contributed by atoms with van der Waals surface area (Å²) in [5.74, 6) is -0.905. The Morgan fingerprint density at radius 3 is 2.32 bits per heavy atom. The lowest BCUT2D eigenvalue weighted by molar-refractivity contribution is -0.119. The Balaban J connectivity index is 2.91. The summed E-state index contributed by atoms with van der Waals surface area (Å²) in [7, 11) is 0. The summed E-state index contributed by atoms with van der Waals surface area (Å²) >= 11 is 0. The van der Waals surface area contributed by atoms with Crippen molar-refractivity contribution < 1.29 is 9.59 Å². The minimum absolute atomic E-state index is 0.155. The Morgan fingerprint density at radius 2 is 1.89 bits per heavy atom. The highest BCUT2D eigenvalue weighted by atomic mass is 16.1. The summed E-state index contributed by atoms with van der Waals surface area (Å²) in [6, 6.07) is 5.06. The Kier molecular flexibility index (Phi) is 4.88. The van der Waals surface area contributed by atoms with Gasteiger partial charge in [0.2, 0.25) is 11.8 Å². The van der Waals surface area contributed by atoms with Gasteiger partial charge >= 0.3 is 0 Å². The van der Waals surface area contributed by atoms with Crippen molar-refractivity contribution in [1.82, 2.24) is 4.90 Å². The standard InChI is InChI=1S/C13H20N4O2/c1-8(2)17(7-12(15)18)6-10-4-3-9(13(16)19)5-11(10)14/h3-5,8H,6-7,14H2,1-2H3,(H2,15,18)(H2,16,19). The summed E-state index contributed by atoms with van der Waals surface area (Å²) in [6.07, 6.45) is 0. The number of carbonyl (C=O) groups excluding carboxylic acids is 2. The van der Waals surface area contributed by atoms with Crippen molar-refractivity contribution in [1.29, 1.82) is 0 Å². The lowest BCUT2D eigenvalue weighted by Gasteiger charge is -2.25. The molecule has 2 amide bonds. The molecule has 0 aliphatic carbocycles. The third-order valence-electron chi connectivity index (χ3n) is 2.89. The van der Waals surface area contributed by atoms with Gasteiger partial charge in [0.25, 0.3) is 0 Å². The smallest absolute Gasteiger partial charge is 0.248 e. The van der Waals surface area contributed by atoms with Crippen LogP contribution in [0, 0.1) is 0 Å². The minimum atomic E-state index is -0.517. The number of carbonyl (C=O) groups is 2. The van der Waals surface area contributed by atoms with E-state index in [-0.39, 0.29) is 18.5 Å². The predicted octanol–water partition coefficient (Wildman–Crippen LogP) is 0.0634. The van der Waals surface area contributed by atoms with E-state index in [1.165, 1.54) is 0 Å². The molecule has 0 radical (unpaired) electrons. The number of hydrogen-bond donors (Lipinski definition) is 3. The molecular weight excluding hydrogens is 244 g/mol. The van der Waals surface area contributed by atoms with Crippen molar-refractivity contribution >= 4 is 17.5 Å². The maximum absolute atomic E-state index is 11.0. The average molecular weight is 264 g/mol. The van der Waals surface area contributed by atoms with Gasteiger partial charge in [-0.05, 0) is 31.5 Å². The first-order valence-corrected chi connectivity index (χ1v) is 6.01. The average Bonchev–Trinajstić information content (AvgIpc) is 2.29. The normalized spacial score (nSPS) is 10.9. The van der Waals surface area contributed by atoms with Gasteiger partial charge in [0, 0.05) is 23.8 Å². The molecule has 0 unspecified atom stereocenters. The molecular formula is C13H20N4O2. The number of hydrogen-bond acceptors (Lipinski definition) is 4. The quantitative estimate of drug-likeness (QED) is 0.630. The first-order valence-electron chi connectivity index (χ1n) is 6.01. The molecule has 0 spiro atoms. The van der Waals surface area contributed by atoms with E-state index in [0.29, 0.717) is 17.8 Å². The molecule has 1 aromatic rings. The lowest BCUT2D eigenvalue weighted by atomic mass is 10.1. The van der Waals surface area contributed by atoms with Crippen LogP contribution in [0.5, 0.6) is 0 Å². The van der Waals surface area contributed by atoms with Crippen LogP contribution >= 0.6 is 0 Å².